The summed E-state index contributed by atoms with van der Waals surface area (Å²) >= 11 is 11.0. The second-order valence-corrected chi connectivity index (χ2v) is 3.65. The van der Waals surface area contributed by atoms with Gasteiger partial charge in [0, 0.05) is 12.4 Å². The third kappa shape index (κ3) is 2.30. The third-order valence-electron chi connectivity index (χ3n) is 0.671. The van der Waals surface area contributed by atoms with E-state index in [0.717, 1.165) is 0 Å². The fraction of sp³-hybridized carbons (Fsp3) is 0. The topological polar surface area (TPSA) is 24.1 Å². The van der Waals surface area contributed by atoms with Crippen molar-refractivity contribution in [3.8, 4) is 0 Å². The Morgan fingerprint density at radius 2 is 1.56 bits per heavy atom. The van der Waals surface area contributed by atoms with E-state index < -0.39 is 0 Å². The van der Waals surface area contributed by atoms with Crippen LogP contribution in [-0.2, 0) is 0 Å². The molecule has 0 spiro atoms. The van der Waals surface area contributed by atoms with Crippen LogP contribution < -0.4 is 10.6 Å². The molecule has 0 saturated carbocycles. The Kier molecular flexibility index (Phi) is 2.44. The minimum Gasteiger partial charge on any atom is -0.346 e. The standard InChI is InChI=1S/C4H4N2S3/c7-3-5-1-2-6-4(8)9-3/h1-2H,(H,5,7)(H,6,8). The van der Waals surface area contributed by atoms with E-state index in [0.29, 0.717) is 8.64 Å². The molecule has 0 unspecified atom stereocenters. The molecule has 0 aromatic heterocycles. The summed E-state index contributed by atoms with van der Waals surface area (Å²) in [6, 6.07) is 0. The lowest BCUT2D eigenvalue weighted by Crippen LogP contribution is -2.12. The first-order chi connectivity index (χ1) is 4.29. The number of nitrogens with one attached hydrogen (secondary N) is 2. The highest BCUT2D eigenvalue weighted by molar-refractivity contribution is 8.37. The van der Waals surface area contributed by atoms with Crippen LogP contribution in [0.15, 0.2) is 12.4 Å². The minimum atomic E-state index is 0.682. The number of rotatable bonds is 0. The molecule has 0 aliphatic carbocycles. The van der Waals surface area contributed by atoms with Crippen LogP contribution in [0.1, 0.15) is 0 Å². The Bertz CT molecular complexity index is 157. The SMILES string of the molecule is S=C1NC=CNC(=S)S1. The summed E-state index contributed by atoms with van der Waals surface area (Å²) in [5, 5.41) is 5.68. The van der Waals surface area contributed by atoms with Crippen molar-refractivity contribution >= 4 is 44.8 Å². The van der Waals surface area contributed by atoms with Crippen LogP contribution in [-0.4, -0.2) is 8.64 Å². The molecule has 0 fully saturated rings. The van der Waals surface area contributed by atoms with Crippen molar-refractivity contribution in [3.63, 3.8) is 0 Å². The lowest BCUT2D eigenvalue weighted by atomic mass is 10.9. The van der Waals surface area contributed by atoms with Crippen LogP contribution in [0, 0.1) is 0 Å². The zero-order valence-corrected chi connectivity index (χ0v) is 6.83. The van der Waals surface area contributed by atoms with Crippen molar-refractivity contribution < 1.29 is 0 Å². The lowest BCUT2D eigenvalue weighted by molar-refractivity contribution is 1.26. The van der Waals surface area contributed by atoms with Gasteiger partial charge in [-0.25, -0.2) is 0 Å². The molecular weight excluding hydrogens is 172 g/mol. The highest BCUT2D eigenvalue weighted by atomic mass is 32.2. The van der Waals surface area contributed by atoms with Crippen molar-refractivity contribution in [1.82, 2.24) is 10.6 Å². The van der Waals surface area contributed by atoms with Crippen molar-refractivity contribution in [2.75, 3.05) is 0 Å². The minimum absolute atomic E-state index is 0.682. The van der Waals surface area contributed by atoms with Crippen LogP contribution in [0.5, 0.6) is 0 Å². The molecule has 0 bridgehead atoms. The monoisotopic (exact) mass is 176 g/mol. The smallest absolute Gasteiger partial charge is 0.144 e. The first kappa shape index (κ1) is 6.98. The van der Waals surface area contributed by atoms with Gasteiger partial charge in [0.25, 0.3) is 0 Å². The first-order valence-electron chi connectivity index (χ1n) is 2.23. The molecule has 5 heteroatoms. The Morgan fingerprint density at radius 1 is 1.11 bits per heavy atom. The van der Waals surface area contributed by atoms with Crippen molar-refractivity contribution in [2.45, 2.75) is 0 Å². The predicted octanol–water partition coefficient (Wildman–Crippen LogP) is 0.953. The predicted molar refractivity (Wildman–Crippen MR) is 48.2 cm³/mol. The summed E-state index contributed by atoms with van der Waals surface area (Å²) in [6.45, 7) is 0. The van der Waals surface area contributed by atoms with Crippen LogP contribution in [0.4, 0.5) is 0 Å². The van der Waals surface area contributed by atoms with Crippen LogP contribution in [0.25, 0.3) is 0 Å². The number of hydrogen-bond acceptors (Lipinski definition) is 3. The molecule has 0 amide bonds. The molecule has 1 aliphatic heterocycles. The fourth-order valence-corrected chi connectivity index (χ4v) is 1.58. The van der Waals surface area contributed by atoms with E-state index in [1.54, 1.807) is 12.4 Å². The van der Waals surface area contributed by atoms with E-state index >= 15 is 0 Å². The average Bonchev–Trinajstić information content (AvgIpc) is 1.93. The lowest BCUT2D eigenvalue weighted by Gasteiger charge is -1.96. The number of hydrogen-bond donors (Lipinski definition) is 2. The van der Waals surface area contributed by atoms with Gasteiger partial charge in [0.2, 0.25) is 0 Å². The molecule has 0 aromatic rings. The highest BCUT2D eigenvalue weighted by Crippen LogP contribution is 2.05. The van der Waals surface area contributed by atoms with Gasteiger partial charge in [-0.1, -0.05) is 24.4 Å². The summed E-state index contributed by atoms with van der Waals surface area (Å²) in [5.41, 5.74) is 0. The highest BCUT2D eigenvalue weighted by Gasteiger charge is 2.01. The quantitative estimate of drug-likeness (QED) is 0.535. The van der Waals surface area contributed by atoms with Gasteiger partial charge in [-0.05, 0) is 11.8 Å². The molecular formula is C4H4N2S3. The summed E-state index contributed by atoms with van der Waals surface area (Å²) in [7, 11) is 0. The summed E-state index contributed by atoms with van der Waals surface area (Å²) < 4.78 is 1.36. The Labute approximate surface area is 68.1 Å². The molecule has 48 valence electrons. The molecule has 9 heavy (non-hydrogen) atoms. The van der Waals surface area contributed by atoms with E-state index in [2.05, 4.69) is 10.6 Å². The van der Waals surface area contributed by atoms with E-state index in [1.165, 1.54) is 11.8 Å². The molecule has 2 nitrogen and oxygen atoms in total. The van der Waals surface area contributed by atoms with E-state index in [1.807, 2.05) is 0 Å². The summed E-state index contributed by atoms with van der Waals surface area (Å²) in [6.07, 6.45) is 3.43. The maximum absolute atomic E-state index is 4.84. The van der Waals surface area contributed by atoms with Gasteiger partial charge in [-0.15, -0.1) is 0 Å². The molecule has 0 atom stereocenters. The normalized spacial score (nSPS) is 18.2. The van der Waals surface area contributed by atoms with E-state index in [-0.39, 0.29) is 0 Å². The third-order valence-corrected chi connectivity index (χ3v) is 2.01. The Morgan fingerprint density at radius 3 is 2.00 bits per heavy atom. The van der Waals surface area contributed by atoms with Gasteiger partial charge in [0.1, 0.15) is 8.64 Å². The van der Waals surface area contributed by atoms with Crippen LogP contribution >= 0.6 is 36.2 Å². The van der Waals surface area contributed by atoms with Crippen molar-refractivity contribution in [2.24, 2.45) is 0 Å². The molecule has 1 aliphatic rings. The largest absolute Gasteiger partial charge is 0.346 e. The fourth-order valence-electron chi connectivity index (χ4n) is 0.363. The second kappa shape index (κ2) is 3.14. The number of thiocarbonyl (C=S) groups is 2. The Hall–Kier alpha value is -0.130. The maximum atomic E-state index is 4.84. The zero-order chi connectivity index (χ0) is 6.69. The molecule has 0 saturated heterocycles. The van der Waals surface area contributed by atoms with Crippen LogP contribution in [0.3, 0.4) is 0 Å². The molecule has 0 radical (unpaired) electrons. The van der Waals surface area contributed by atoms with Gasteiger partial charge >= 0.3 is 0 Å². The Balaban J connectivity index is 2.60. The zero-order valence-electron chi connectivity index (χ0n) is 4.38. The van der Waals surface area contributed by atoms with Crippen molar-refractivity contribution in [1.29, 1.82) is 0 Å². The molecule has 0 aromatic carbocycles. The average molecular weight is 176 g/mol. The molecule has 2 N–H and O–H groups in total. The van der Waals surface area contributed by atoms with Gasteiger partial charge in [0.05, 0.1) is 0 Å². The van der Waals surface area contributed by atoms with E-state index in [9.17, 15) is 0 Å². The second-order valence-electron chi connectivity index (χ2n) is 1.30. The van der Waals surface area contributed by atoms with Gasteiger partial charge in [-0.2, -0.15) is 0 Å². The van der Waals surface area contributed by atoms with Gasteiger partial charge in [-0.3, -0.25) is 0 Å². The number of thioether (sulfide) groups is 1. The maximum Gasteiger partial charge on any atom is 0.144 e. The molecule has 1 rings (SSSR count). The van der Waals surface area contributed by atoms with Crippen LogP contribution in [0.2, 0.25) is 0 Å². The van der Waals surface area contributed by atoms with Crippen molar-refractivity contribution in [3.05, 3.63) is 12.4 Å². The summed E-state index contributed by atoms with van der Waals surface area (Å²) in [5.74, 6) is 0. The van der Waals surface area contributed by atoms with E-state index in [4.69, 9.17) is 24.4 Å². The summed E-state index contributed by atoms with van der Waals surface area (Å²) in [4.78, 5) is 0. The molecule has 1 heterocycles. The van der Waals surface area contributed by atoms with Gasteiger partial charge < -0.3 is 10.6 Å². The first-order valence-corrected chi connectivity index (χ1v) is 3.86. The van der Waals surface area contributed by atoms with Gasteiger partial charge in [0.15, 0.2) is 0 Å².